The Morgan fingerprint density at radius 2 is 2.28 bits per heavy atom. The van der Waals surface area contributed by atoms with Gasteiger partial charge in [-0.2, -0.15) is 5.26 Å². The van der Waals surface area contributed by atoms with Gasteiger partial charge in [0.1, 0.15) is 11.8 Å². The standard InChI is InChI=1S/C12H8ClN3O2/c1-7-4-11(16-18-7)12(17)15-9-3-2-8(6-14)10(13)5-9/h2-5H,1H3,(H,15,17). The second-order valence-corrected chi connectivity index (χ2v) is 3.99. The predicted molar refractivity (Wildman–Crippen MR) is 65.4 cm³/mol. The number of amides is 1. The van der Waals surface area contributed by atoms with Crippen LogP contribution in [0.1, 0.15) is 21.8 Å². The van der Waals surface area contributed by atoms with Crippen molar-refractivity contribution < 1.29 is 9.32 Å². The van der Waals surface area contributed by atoms with Gasteiger partial charge in [-0.25, -0.2) is 0 Å². The number of hydrogen-bond acceptors (Lipinski definition) is 4. The minimum atomic E-state index is -0.396. The zero-order valence-corrected chi connectivity index (χ0v) is 10.2. The number of benzene rings is 1. The summed E-state index contributed by atoms with van der Waals surface area (Å²) < 4.78 is 4.80. The number of nitrogens with zero attached hydrogens (tertiary/aromatic N) is 2. The minimum absolute atomic E-state index is 0.188. The second-order valence-electron chi connectivity index (χ2n) is 3.58. The fourth-order valence-electron chi connectivity index (χ4n) is 1.35. The smallest absolute Gasteiger partial charge is 0.277 e. The maximum Gasteiger partial charge on any atom is 0.277 e. The van der Waals surface area contributed by atoms with Crippen molar-refractivity contribution in [2.75, 3.05) is 5.32 Å². The molecule has 18 heavy (non-hydrogen) atoms. The molecule has 1 N–H and O–H groups in total. The fourth-order valence-corrected chi connectivity index (χ4v) is 1.57. The topological polar surface area (TPSA) is 78.9 Å². The van der Waals surface area contributed by atoms with E-state index in [4.69, 9.17) is 21.4 Å². The van der Waals surface area contributed by atoms with E-state index in [-0.39, 0.29) is 10.7 Å². The Morgan fingerprint density at radius 1 is 1.50 bits per heavy atom. The highest BCUT2D eigenvalue weighted by Crippen LogP contribution is 2.20. The highest BCUT2D eigenvalue weighted by Gasteiger charge is 2.11. The van der Waals surface area contributed by atoms with Crippen LogP contribution in [-0.2, 0) is 0 Å². The average Bonchev–Trinajstić information content (AvgIpc) is 2.76. The van der Waals surface area contributed by atoms with E-state index in [0.717, 1.165) is 0 Å². The lowest BCUT2D eigenvalue weighted by atomic mass is 10.2. The summed E-state index contributed by atoms with van der Waals surface area (Å²) >= 11 is 5.86. The van der Waals surface area contributed by atoms with Crippen molar-refractivity contribution in [2.24, 2.45) is 0 Å². The van der Waals surface area contributed by atoms with E-state index >= 15 is 0 Å². The number of carbonyl (C=O) groups excluding carboxylic acids is 1. The molecule has 0 bridgehead atoms. The molecule has 0 saturated heterocycles. The Bertz CT molecular complexity index is 643. The third-order valence-corrected chi connectivity index (χ3v) is 2.52. The molecule has 5 nitrogen and oxygen atoms in total. The number of aromatic nitrogens is 1. The fraction of sp³-hybridized carbons (Fsp3) is 0.0833. The van der Waals surface area contributed by atoms with Crippen molar-refractivity contribution >= 4 is 23.2 Å². The lowest BCUT2D eigenvalue weighted by Crippen LogP contribution is -2.12. The molecular formula is C12H8ClN3O2. The average molecular weight is 262 g/mol. The summed E-state index contributed by atoms with van der Waals surface area (Å²) in [5.74, 6) is 0.158. The Kier molecular flexibility index (Phi) is 3.31. The summed E-state index contributed by atoms with van der Waals surface area (Å²) in [6.07, 6.45) is 0. The van der Waals surface area contributed by atoms with Crippen LogP contribution in [-0.4, -0.2) is 11.1 Å². The largest absolute Gasteiger partial charge is 0.361 e. The molecule has 0 spiro atoms. The molecule has 0 saturated carbocycles. The van der Waals surface area contributed by atoms with Crippen LogP contribution in [0.4, 0.5) is 5.69 Å². The summed E-state index contributed by atoms with van der Waals surface area (Å²) in [5, 5.41) is 15.2. The van der Waals surface area contributed by atoms with E-state index in [0.29, 0.717) is 17.0 Å². The first-order valence-corrected chi connectivity index (χ1v) is 5.42. The van der Waals surface area contributed by atoms with Crippen molar-refractivity contribution in [3.8, 4) is 6.07 Å². The van der Waals surface area contributed by atoms with Gasteiger partial charge in [-0.15, -0.1) is 0 Å². The Balaban J connectivity index is 2.17. The van der Waals surface area contributed by atoms with Gasteiger partial charge in [-0.1, -0.05) is 16.8 Å². The highest BCUT2D eigenvalue weighted by atomic mass is 35.5. The van der Waals surface area contributed by atoms with E-state index in [1.165, 1.54) is 18.2 Å². The van der Waals surface area contributed by atoms with E-state index in [9.17, 15) is 4.79 Å². The molecular weight excluding hydrogens is 254 g/mol. The van der Waals surface area contributed by atoms with Crippen molar-refractivity contribution in [3.63, 3.8) is 0 Å². The zero-order chi connectivity index (χ0) is 13.1. The van der Waals surface area contributed by atoms with Crippen LogP contribution in [0.5, 0.6) is 0 Å². The van der Waals surface area contributed by atoms with Crippen molar-refractivity contribution in [2.45, 2.75) is 6.92 Å². The monoisotopic (exact) mass is 261 g/mol. The molecule has 2 rings (SSSR count). The maximum absolute atomic E-state index is 11.8. The summed E-state index contributed by atoms with van der Waals surface area (Å²) in [6, 6.07) is 8.10. The summed E-state index contributed by atoms with van der Waals surface area (Å²) in [6.45, 7) is 1.70. The molecule has 0 radical (unpaired) electrons. The summed E-state index contributed by atoms with van der Waals surface area (Å²) in [5.41, 5.74) is 1.03. The number of nitriles is 1. The number of anilines is 1. The molecule has 0 aliphatic heterocycles. The van der Waals surface area contributed by atoms with Gasteiger partial charge in [0.05, 0.1) is 10.6 Å². The summed E-state index contributed by atoms with van der Waals surface area (Å²) in [4.78, 5) is 11.8. The molecule has 90 valence electrons. The number of carbonyl (C=O) groups is 1. The molecule has 6 heteroatoms. The lowest BCUT2D eigenvalue weighted by Gasteiger charge is -2.03. The van der Waals surface area contributed by atoms with Gasteiger partial charge in [0, 0.05) is 11.8 Å². The van der Waals surface area contributed by atoms with Gasteiger partial charge in [0.2, 0.25) is 0 Å². The van der Waals surface area contributed by atoms with E-state index in [1.807, 2.05) is 6.07 Å². The van der Waals surface area contributed by atoms with Crippen molar-refractivity contribution in [1.29, 1.82) is 5.26 Å². The van der Waals surface area contributed by atoms with Crippen molar-refractivity contribution in [1.82, 2.24) is 5.16 Å². The first-order valence-electron chi connectivity index (χ1n) is 5.04. The minimum Gasteiger partial charge on any atom is -0.361 e. The van der Waals surface area contributed by atoms with Gasteiger partial charge in [-0.05, 0) is 25.1 Å². The summed E-state index contributed by atoms with van der Waals surface area (Å²) in [7, 11) is 0. The number of halogens is 1. The third-order valence-electron chi connectivity index (χ3n) is 2.21. The van der Waals surface area contributed by atoms with Crippen LogP contribution in [0.2, 0.25) is 5.02 Å². The van der Waals surface area contributed by atoms with Crippen LogP contribution in [0.15, 0.2) is 28.8 Å². The molecule has 0 aliphatic carbocycles. The van der Waals surface area contributed by atoms with Crippen LogP contribution < -0.4 is 5.32 Å². The van der Waals surface area contributed by atoms with E-state index < -0.39 is 5.91 Å². The van der Waals surface area contributed by atoms with Gasteiger partial charge in [0.15, 0.2) is 5.69 Å². The molecule has 1 heterocycles. The number of aryl methyl sites for hydroxylation is 1. The van der Waals surface area contributed by atoms with Crippen LogP contribution in [0.3, 0.4) is 0 Å². The molecule has 0 unspecified atom stereocenters. The molecule has 0 aliphatic rings. The predicted octanol–water partition coefficient (Wildman–Crippen LogP) is 2.76. The van der Waals surface area contributed by atoms with Crippen LogP contribution >= 0.6 is 11.6 Å². The Morgan fingerprint density at radius 3 is 2.83 bits per heavy atom. The zero-order valence-electron chi connectivity index (χ0n) is 9.40. The van der Waals surface area contributed by atoms with Crippen LogP contribution in [0.25, 0.3) is 0 Å². The molecule has 1 amide bonds. The number of rotatable bonds is 2. The quantitative estimate of drug-likeness (QED) is 0.901. The van der Waals surface area contributed by atoms with Gasteiger partial charge in [-0.3, -0.25) is 4.79 Å². The van der Waals surface area contributed by atoms with E-state index in [1.54, 1.807) is 13.0 Å². The van der Waals surface area contributed by atoms with Crippen LogP contribution in [0, 0.1) is 18.3 Å². The van der Waals surface area contributed by atoms with Gasteiger partial charge >= 0.3 is 0 Å². The SMILES string of the molecule is Cc1cc(C(=O)Nc2ccc(C#N)c(Cl)c2)no1. The van der Waals surface area contributed by atoms with E-state index in [2.05, 4.69) is 10.5 Å². The normalized spacial score (nSPS) is 9.83. The highest BCUT2D eigenvalue weighted by molar-refractivity contribution is 6.32. The third kappa shape index (κ3) is 2.50. The molecule has 1 aromatic carbocycles. The molecule has 0 atom stereocenters. The maximum atomic E-state index is 11.8. The molecule has 2 aromatic rings. The molecule has 0 fully saturated rings. The number of nitrogens with one attached hydrogen (secondary N) is 1. The Hall–Kier alpha value is -2.32. The first-order chi connectivity index (χ1) is 8.60. The number of hydrogen-bond donors (Lipinski definition) is 1. The van der Waals surface area contributed by atoms with Gasteiger partial charge < -0.3 is 9.84 Å². The second kappa shape index (κ2) is 4.90. The molecule has 1 aromatic heterocycles. The first kappa shape index (κ1) is 12.1. The van der Waals surface area contributed by atoms with Gasteiger partial charge in [0.25, 0.3) is 5.91 Å². The van der Waals surface area contributed by atoms with Crippen molar-refractivity contribution in [3.05, 3.63) is 46.3 Å². The Labute approximate surface area is 108 Å². The lowest BCUT2D eigenvalue weighted by molar-refractivity contribution is 0.101.